The summed E-state index contributed by atoms with van der Waals surface area (Å²) in [7, 11) is 0. The summed E-state index contributed by atoms with van der Waals surface area (Å²) in [5.41, 5.74) is -1.63. The summed E-state index contributed by atoms with van der Waals surface area (Å²) in [5, 5.41) is 0. The first-order valence-corrected chi connectivity index (χ1v) is 10.8. The van der Waals surface area contributed by atoms with E-state index >= 15 is 0 Å². The van der Waals surface area contributed by atoms with Gasteiger partial charge in [-0.25, -0.2) is 8.78 Å². The number of hydrogen-bond donors (Lipinski definition) is 0. The molecule has 0 saturated carbocycles. The Hall–Kier alpha value is -3.43. The summed E-state index contributed by atoms with van der Waals surface area (Å²) >= 11 is 0. The first-order valence-electron chi connectivity index (χ1n) is 10.8. The molecular formula is C25H19F7O3. The van der Waals surface area contributed by atoms with Gasteiger partial charge in [0.25, 0.3) is 0 Å². The fourth-order valence-corrected chi connectivity index (χ4v) is 3.82. The normalized spacial score (nSPS) is 12.6. The lowest BCUT2D eigenvalue weighted by Gasteiger charge is -2.25. The SMILES string of the molecule is CCCc1ccc(OC(F)(F)c2cc3c(c(F)c2F)Oc2c(ccc(OCC)c2F)C3)c(F)c1F. The van der Waals surface area contributed by atoms with Crippen molar-refractivity contribution < 1.29 is 44.9 Å². The quantitative estimate of drug-likeness (QED) is 0.245. The molecule has 0 unspecified atom stereocenters. The predicted molar refractivity (Wildman–Crippen MR) is 112 cm³/mol. The van der Waals surface area contributed by atoms with Gasteiger partial charge in [0.1, 0.15) is 5.56 Å². The van der Waals surface area contributed by atoms with Crippen LogP contribution < -0.4 is 14.2 Å². The molecule has 1 aliphatic heterocycles. The fraction of sp³-hybridized carbons (Fsp3) is 0.280. The average molecular weight is 500 g/mol. The number of halogens is 7. The highest BCUT2D eigenvalue weighted by Crippen LogP contribution is 2.46. The van der Waals surface area contributed by atoms with Gasteiger partial charge in [0, 0.05) is 17.5 Å². The van der Waals surface area contributed by atoms with Crippen molar-refractivity contribution in [2.45, 2.75) is 39.2 Å². The summed E-state index contributed by atoms with van der Waals surface area (Å²) in [5.74, 6) is -10.4. The number of rotatable bonds is 7. The molecule has 0 fully saturated rings. The van der Waals surface area contributed by atoms with Gasteiger partial charge < -0.3 is 14.2 Å². The van der Waals surface area contributed by atoms with Gasteiger partial charge in [-0.15, -0.1) is 0 Å². The second kappa shape index (κ2) is 9.31. The van der Waals surface area contributed by atoms with Crippen LogP contribution in [0.5, 0.6) is 23.0 Å². The van der Waals surface area contributed by atoms with Crippen molar-refractivity contribution in [3.63, 3.8) is 0 Å². The second-order valence-electron chi connectivity index (χ2n) is 7.84. The molecule has 0 saturated heterocycles. The highest BCUT2D eigenvalue weighted by molar-refractivity contribution is 5.55. The molecule has 1 heterocycles. The minimum Gasteiger partial charge on any atom is -0.491 e. The highest BCUT2D eigenvalue weighted by Gasteiger charge is 2.42. The zero-order chi connectivity index (χ0) is 25.5. The number of aryl methyl sites for hydroxylation is 1. The van der Waals surface area contributed by atoms with E-state index in [-0.39, 0.29) is 41.9 Å². The van der Waals surface area contributed by atoms with Crippen LogP contribution in [0.3, 0.4) is 0 Å². The summed E-state index contributed by atoms with van der Waals surface area (Å²) in [6, 6.07) is 5.15. The Morgan fingerprint density at radius 3 is 2.17 bits per heavy atom. The van der Waals surface area contributed by atoms with Gasteiger partial charge in [-0.05, 0) is 37.1 Å². The maximum atomic E-state index is 14.9. The van der Waals surface area contributed by atoms with Crippen LogP contribution in [0.15, 0.2) is 30.3 Å². The van der Waals surface area contributed by atoms with Crippen LogP contribution in [0.2, 0.25) is 0 Å². The summed E-state index contributed by atoms with van der Waals surface area (Å²) in [6.45, 7) is 3.48. The van der Waals surface area contributed by atoms with Crippen LogP contribution in [0.1, 0.15) is 42.5 Å². The zero-order valence-electron chi connectivity index (χ0n) is 18.6. The highest BCUT2D eigenvalue weighted by atomic mass is 19.3. The molecule has 0 N–H and O–H groups in total. The molecule has 186 valence electrons. The predicted octanol–water partition coefficient (Wildman–Crippen LogP) is 7.56. The summed E-state index contributed by atoms with van der Waals surface area (Å²) in [4.78, 5) is 0. The molecule has 10 heteroatoms. The number of hydrogen-bond acceptors (Lipinski definition) is 3. The molecule has 4 rings (SSSR count). The molecule has 1 aliphatic rings. The average Bonchev–Trinajstić information content (AvgIpc) is 2.82. The first-order chi connectivity index (χ1) is 16.6. The number of benzene rings is 3. The van der Waals surface area contributed by atoms with Gasteiger partial charge >= 0.3 is 6.11 Å². The van der Waals surface area contributed by atoms with Crippen LogP contribution in [-0.2, 0) is 19.0 Å². The molecule has 0 bridgehead atoms. The fourth-order valence-electron chi connectivity index (χ4n) is 3.82. The monoisotopic (exact) mass is 500 g/mol. The maximum Gasteiger partial charge on any atom is 0.429 e. The lowest BCUT2D eigenvalue weighted by Crippen LogP contribution is -2.26. The van der Waals surface area contributed by atoms with E-state index < -0.39 is 58.0 Å². The van der Waals surface area contributed by atoms with Crippen molar-refractivity contribution in [1.29, 1.82) is 0 Å². The van der Waals surface area contributed by atoms with Crippen LogP contribution in [-0.4, -0.2) is 6.61 Å². The van der Waals surface area contributed by atoms with Gasteiger partial charge in [-0.2, -0.15) is 22.0 Å². The Kier molecular flexibility index (Phi) is 6.57. The van der Waals surface area contributed by atoms with Gasteiger partial charge in [-0.1, -0.05) is 25.5 Å². The van der Waals surface area contributed by atoms with Crippen LogP contribution in [0.25, 0.3) is 0 Å². The molecule has 0 spiro atoms. The molecule has 0 aromatic heterocycles. The lowest BCUT2D eigenvalue weighted by molar-refractivity contribution is -0.189. The van der Waals surface area contributed by atoms with E-state index in [9.17, 15) is 30.7 Å². The largest absolute Gasteiger partial charge is 0.491 e. The number of fused-ring (bicyclic) bond motifs is 2. The smallest absolute Gasteiger partial charge is 0.429 e. The summed E-state index contributed by atoms with van der Waals surface area (Å²) < 4.78 is 117. The van der Waals surface area contributed by atoms with E-state index in [1.165, 1.54) is 12.1 Å². The Balaban J connectivity index is 1.71. The molecule has 0 amide bonds. The Morgan fingerprint density at radius 1 is 0.800 bits per heavy atom. The van der Waals surface area contributed by atoms with E-state index in [1.54, 1.807) is 13.8 Å². The Labute approximate surface area is 196 Å². The molecule has 3 aromatic rings. The van der Waals surface area contributed by atoms with E-state index in [4.69, 9.17) is 9.47 Å². The molecule has 35 heavy (non-hydrogen) atoms. The Bertz CT molecular complexity index is 1290. The van der Waals surface area contributed by atoms with E-state index in [0.717, 1.165) is 12.1 Å². The third kappa shape index (κ3) is 4.37. The molecule has 3 nitrogen and oxygen atoms in total. The van der Waals surface area contributed by atoms with Crippen molar-refractivity contribution in [3.8, 4) is 23.0 Å². The number of alkyl halides is 2. The van der Waals surface area contributed by atoms with E-state index in [1.807, 2.05) is 0 Å². The van der Waals surface area contributed by atoms with Crippen molar-refractivity contribution in [3.05, 3.63) is 81.7 Å². The van der Waals surface area contributed by atoms with Crippen molar-refractivity contribution >= 4 is 0 Å². The van der Waals surface area contributed by atoms with Crippen molar-refractivity contribution in [2.24, 2.45) is 0 Å². The van der Waals surface area contributed by atoms with Crippen molar-refractivity contribution in [1.82, 2.24) is 0 Å². The van der Waals surface area contributed by atoms with Gasteiger partial charge in [0.2, 0.25) is 17.5 Å². The minimum atomic E-state index is -4.58. The van der Waals surface area contributed by atoms with E-state index in [0.29, 0.717) is 12.5 Å². The standard InChI is InChI=1S/C25H19F7O3/c1-3-5-12-6-9-17(20(28)18(12)26)35-25(31,32)15-11-14-10-13-7-8-16(33-4-2)21(29)23(13)34-24(14)22(30)19(15)27/h6-9,11H,3-5,10H2,1-2H3. The molecule has 0 aliphatic carbocycles. The van der Waals surface area contributed by atoms with Gasteiger partial charge in [0.15, 0.2) is 34.6 Å². The van der Waals surface area contributed by atoms with Gasteiger partial charge in [0.05, 0.1) is 6.61 Å². The third-order valence-corrected chi connectivity index (χ3v) is 5.46. The minimum absolute atomic E-state index is 0.0396. The lowest BCUT2D eigenvalue weighted by atomic mass is 9.97. The Morgan fingerprint density at radius 2 is 1.49 bits per heavy atom. The maximum absolute atomic E-state index is 14.9. The van der Waals surface area contributed by atoms with Crippen LogP contribution in [0, 0.1) is 29.1 Å². The zero-order valence-corrected chi connectivity index (χ0v) is 18.6. The third-order valence-electron chi connectivity index (χ3n) is 5.46. The second-order valence-corrected chi connectivity index (χ2v) is 7.84. The van der Waals surface area contributed by atoms with Gasteiger partial charge in [-0.3, -0.25) is 0 Å². The topological polar surface area (TPSA) is 27.7 Å². The van der Waals surface area contributed by atoms with Crippen LogP contribution in [0.4, 0.5) is 30.7 Å². The molecule has 0 atom stereocenters. The molecule has 3 aromatic carbocycles. The molecule has 0 radical (unpaired) electrons. The van der Waals surface area contributed by atoms with E-state index in [2.05, 4.69) is 4.74 Å². The number of ether oxygens (including phenoxy) is 3. The summed E-state index contributed by atoms with van der Waals surface area (Å²) in [6.07, 6.45) is -4.21. The molecular weight excluding hydrogens is 481 g/mol. The first kappa shape index (κ1) is 24.7. The van der Waals surface area contributed by atoms with Crippen LogP contribution >= 0.6 is 0 Å². The van der Waals surface area contributed by atoms with Crippen molar-refractivity contribution in [2.75, 3.05) is 6.61 Å².